The zero-order valence-corrected chi connectivity index (χ0v) is 13.3. The van der Waals surface area contributed by atoms with Gasteiger partial charge in [0.1, 0.15) is 16.8 Å². The van der Waals surface area contributed by atoms with Crippen LogP contribution < -0.4 is 15.6 Å². The minimum atomic E-state index is -2.51. The molecule has 0 spiro atoms. The van der Waals surface area contributed by atoms with Crippen molar-refractivity contribution in [1.29, 1.82) is 0 Å². The molecule has 1 aromatic carbocycles. The molecule has 0 bridgehead atoms. The summed E-state index contributed by atoms with van der Waals surface area (Å²) in [5.41, 5.74) is 1.14. The number of benzene rings is 1. The monoisotopic (exact) mass is 373 g/mol. The zero-order valence-electron chi connectivity index (χ0n) is 11.7. The van der Waals surface area contributed by atoms with Crippen molar-refractivity contribution in [3.63, 3.8) is 0 Å². The normalized spacial score (nSPS) is 10.8. The third-order valence-electron chi connectivity index (χ3n) is 2.84. The van der Waals surface area contributed by atoms with E-state index in [1.54, 1.807) is 25.2 Å². The Kier molecular flexibility index (Phi) is 5.48. The Morgan fingerprint density at radius 2 is 2.23 bits per heavy atom. The van der Waals surface area contributed by atoms with Gasteiger partial charge in [0.15, 0.2) is 0 Å². The van der Waals surface area contributed by atoms with E-state index in [2.05, 4.69) is 26.3 Å². The molecule has 2 rings (SSSR count). The van der Waals surface area contributed by atoms with E-state index in [0.717, 1.165) is 5.56 Å². The number of hydrogen-bond acceptors (Lipinski definition) is 4. The van der Waals surface area contributed by atoms with Crippen molar-refractivity contribution >= 4 is 21.6 Å². The maximum absolute atomic E-state index is 12.1. The van der Waals surface area contributed by atoms with Crippen molar-refractivity contribution < 1.29 is 13.5 Å². The largest absolute Gasteiger partial charge is 0.488 e. The number of aryl methyl sites for hydroxylation is 1. The van der Waals surface area contributed by atoms with E-state index in [1.807, 2.05) is 6.07 Å². The van der Waals surface area contributed by atoms with Crippen molar-refractivity contribution in [1.82, 2.24) is 9.78 Å². The Morgan fingerprint density at radius 1 is 1.45 bits per heavy atom. The molecule has 118 valence electrons. The first kappa shape index (κ1) is 16.4. The topological polar surface area (TPSA) is 56.1 Å². The van der Waals surface area contributed by atoms with Gasteiger partial charge in [-0.05, 0) is 33.6 Å². The van der Waals surface area contributed by atoms with Gasteiger partial charge in [-0.25, -0.2) is 13.5 Å². The van der Waals surface area contributed by atoms with Crippen LogP contribution in [0.4, 0.5) is 14.5 Å². The lowest BCUT2D eigenvalue weighted by atomic mass is 10.2. The van der Waals surface area contributed by atoms with Crippen molar-refractivity contribution in [3.8, 4) is 5.75 Å². The molecule has 0 fully saturated rings. The summed E-state index contributed by atoms with van der Waals surface area (Å²) in [5, 5.41) is 6.98. The molecule has 0 aliphatic heterocycles. The Bertz CT molecular complexity index is 707. The van der Waals surface area contributed by atoms with Gasteiger partial charge >= 0.3 is 0 Å². The van der Waals surface area contributed by atoms with Crippen molar-refractivity contribution in [3.05, 3.63) is 50.9 Å². The van der Waals surface area contributed by atoms with Gasteiger partial charge in [0.25, 0.3) is 12.0 Å². The van der Waals surface area contributed by atoms with Gasteiger partial charge in [-0.1, -0.05) is 12.1 Å². The van der Waals surface area contributed by atoms with Crippen LogP contribution in [0.1, 0.15) is 5.56 Å². The lowest BCUT2D eigenvalue weighted by Gasteiger charge is -2.10. The van der Waals surface area contributed by atoms with Gasteiger partial charge in [-0.2, -0.15) is 5.10 Å². The predicted octanol–water partition coefficient (Wildman–Crippen LogP) is 2.80. The molecule has 0 saturated heterocycles. The van der Waals surface area contributed by atoms with E-state index in [4.69, 9.17) is 4.74 Å². The summed E-state index contributed by atoms with van der Waals surface area (Å²) in [5.74, 6) is 0.376. The maximum Gasteiger partial charge on any atom is 0.282 e. The SMILES string of the molecule is Cn1ncc(NCc2cccc(OCC(F)F)c2)c(Br)c1=O. The molecule has 1 heterocycles. The van der Waals surface area contributed by atoms with Crippen LogP contribution in [0.3, 0.4) is 0 Å². The average molecular weight is 374 g/mol. The third-order valence-corrected chi connectivity index (χ3v) is 3.60. The number of hydrogen-bond donors (Lipinski definition) is 1. The Labute approximate surface area is 134 Å². The number of nitrogens with one attached hydrogen (secondary N) is 1. The molecule has 0 radical (unpaired) electrons. The maximum atomic E-state index is 12.1. The first-order valence-electron chi connectivity index (χ1n) is 6.43. The summed E-state index contributed by atoms with van der Waals surface area (Å²) < 4.78 is 30.8. The van der Waals surface area contributed by atoms with Crippen molar-refractivity contribution in [2.24, 2.45) is 7.05 Å². The summed E-state index contributed by atoms with van der Waals surface area (Å²) in [6, 6.07) is 6.82. The molecule has 8 heteroatoms. The second-order valence-electron chi connectivity index (χ2n) is 4.50. The highest BCUT2D eigenvalue weighted by molar-refractivity contribution is 9.10. The molecule has 2 aromatic rings. The number of rotatable bonds is 6. The first-order chi connectivity index (χ1) is 10.5. The minimum absolute atomic E-state index is 0.251. The fraction of sp³-hybridized carbons (Fsp3) is 0.286. The van der Waals surface area contributed by atoms with Crippen LogP contribution in [0, 0.1) is 0 Å². The second kappa shape index (κ2) is 7.35. The Morgan fingerprint density at radius 3 is 2.95 bits per heavy atom. The standard InChI is InChI=1S/C14H14BrF2N3O2/c1-20-14(21)13(15)11(7-19-20)18-6-9-3-2-4-10(5-9)22-8-12(16)17/h2-5,7,12,18H,6,8H2,1H3. The number of aromatic nitrogens is 2. The summed E-state index contributed by atoms with van der Waals surface area (Å²) in [6.45, 7) is -0.236. The molecular formula is C14H14BrF2N3O2. The molecule has 0 amide bonds. The third kappa shape index (κ3) is 4.27. The van der Waals surface area contributed by atoms with E-state index in [1.165, 1.54) is 10.9 Å². The summed E-state index contributed by atoms with van der Waals surface area (Å²) in [7, 11) is 1.56. The predicted molar refractivity (Wildman–Crippen MR) is 82.4 cm³/mol. The summed E-state index contributed by atoms with van der Waals surface area (Å²) >= 11 is 3.22. The fourth-order valence-corrected chi connectivity index (χ4v) is 2.23. The van der Waals surface area contributed by atoms with Crippen LogP contribution in [0.5, 0.6) is 5.75 Å². The molecule has 1 N–H and O–H groups in total. The molecule has 22 heavy (non-hydrogen) atoms. The lowest BCUT2D eigenvalue weighted by molar-refractivity contribution is 0.0818. The number of halogens is 3. The van der Waals surface area contributed by atoms with Gasteiger partial charge in [0.05, 0.1) is 11.9 Å². The zero-order chi connectivity index (χ0) is 16.1. The Balaban J connectivity index is 2.04. The molecule has 0 unspecified atom stereocenters. The van der Waals surface area contributed by atoms with Crippen LogP contribution in [-0.4, -0.2) is 22.8 Å². The fourth-order valence-electron chi connectivity index (χ4n) is 1.74. The molecule has 0 saturated carbocycles. The highest BCUT2D eigenvalue weighted by Gasteiger charge is 2.07. The van der Waals surface area contributed by atoms with Crippen LogP contribution in [-0.2, 0) is 13.6 Å². The first-order valence-corrected chi connectivity index (χ1v) is 7.22. The van der Waals surface area contributed by atoms with Crippen LogP contribution >= 0.6 is 15.9 Å². The average Bonchev–Trinajstić information content (AvgIpc) is 2.50. The molecular weight excluding hydrogens is 360 g/mol. The molecule has 0 atom stereocenters. The van der Waals surface area contributed by atoms with Crippen molar-refractivity contribution in [2.75, 3.05) is 11.9 Å². The number of ether oxygens (including phenoxy) is 1. The number of alkyl halides is 2. The molecule has 5 nitrogen and oxygen atoms in total. The summed E-state index contributed by atoms with van der Waals surface area (Å²) in [4.78, 5) is 11.7. The minimum Gasteiger partial charge on any atom is -0.488 e. The quantitative estimate of drug-likeness (QED) is 0.845. The number of anilines is 1. The van der Waals surface area contributed by atoms with Gasteiger partial charge in [0.2, 0.25) is 0 Å². The Hall–Kier alpha value is -1.96. The molecule has 1 aromatic heterocycles. The lowest BCUT2D eigenvalue weighted by Crippen LogP contribution is -2.21. The van der Waals surface area contributed by atoms with Gasteiger partial charge < -0.3 is 10.1 Å². The van der Waals surface area contributed by atoms with E-state index >= 15 is 0 Å². The van der Waals surface area contributed by atoms with Crippen LogP contribution in [0.15, 0.2) is 39.7 Å². The van der Waals surface area contributed by atoms with E-state index in [0.29, 0.717) is 22.5 Å². The smallest absolute Gasteiger partial charge is 0.282 e. The highest BCUT2D eigenvalue weighted by atomic mass is 79.9. The number of nitrogens with zero attached hydrogens (tertiary/aromatic N) is 2. The van der Waals surface area contributed by atoms with E-state index in [-0.39, 0.29) is 5.56 Å². The van der Waals surface area contributed by atoms with E-state index < -0.39 is 13.0 Å². The molecule has 0 aliphatic carbocycles. The van der Waals surface area contributed by atoms with Crippen LogP contribution in [0.2, 0.25) is 0 Å². The van der Waals surface area contributed by atoms with Gasteiger partial charge in [-0.3, -0.25) is 4.79 Å². The molecule has 0 aliphatic rings. The highest BCUT2D eigenvalue weighted by Crippen LogP contribution is 2.19. The second-order valence-corrected chi connectivity index (χ2v) is 5.30. The van der Waals surface area contributed by atoms with Crippen LogP contribution in [0.25, 0.3) is 0 Å². The van der Waals surface area contributed by atoms with Crippen molar-refractivity contribution in [2.45, 2.75) is 13.0 Å². The summed E-state index contributed by atoms with van der Waals surface area (Å²) in [6.07, 6.45) is -0.979. The van der Waals surface area contributed by atoms with Gasteiger partial charge in [0, 0.05) is 13.6 Å². The van der Waals surface area contributed by atoms with Gasteiger partial charge in [-0.15, -0.1) is 0 Å². The van der Waals surface area contributed by atoms with E-state index in [9.17, 15) is 13.6 Å².